The Morgan fingerprint density at radius 1 is 1.14 bits per heavy atom. The minimum atomic E-state index is -0.518. The van der Waals surface area contributed by atoms with Crippen LogP contribution in [-0.4, -0.2) is 20.6 Å². The monoisotopic (exact) mass is 390 g/mol. The van der Waals surface area contributed by atoms with E-state index < -0.39 is 10.8 Å². The lowest BCUT2D eigenvalue weighted by Gasteiger charge is -2.10. The highest BCUT2D eigenvalue weighted by atomic mass is 16.6. The highest BCUT2D eigenvalue weighted by Gasteiger charge is 2.26. The number of anilines is 1. The van der Waals surface area contributed by atoms with Crippen LogP contribution in [0.4, 0.5) is 11.5 Å². The molecule has 0 saturated heterocycles. The SMILES string of the molecule is Cc1cccc(C(=O)Nc2cc(C3CCCC3)nn2-c2ccccc2)c1[N+](=O)[O-]. The minimum Gasteiger partial charge on any atom is -0.306 e. The summed E-state index contributed by atoms with van der Waals surface area (Å²) in [5.41, 5.74) is 2.09. The van der Waals surface area contributed by atoms with Gasteiger partial charge >= 0.3 is 0 Å². The van der Waals surface area contributed by atoms with Crippen LogP contribution in [0.5, 0.6) is 0 Å². The Hall–Kier alpha value is -3.48. The second kappa shape index (κ2) is 7.87. The zero-order chi connectivity index (χ0) is 20.4. The fourth-order valence-corrected chi connectivity index (χ4v) is 3.94. The Morgan fingerprint density at radius 2 is 1.86 bits per heavy atom. The topological polar surface area (TPSA) is 90.1 Å². The summed E-state index contributed by atoms with van der Waals surface area (Å²) in [6, 6.07) is 16.2. The lowest BCUT2D eigenvalue weighted by molar-refractivity contribution is -0.385. The van der Waals surface area contributed by atoms with Crippen LogP contribution in [0.25, 0.3) is 5.69 Å². The van der Waals surface area contributed by atoms with E-state index in [9.17, 15) is 14.9 Å². The molecule has 1 heterocycles. The molecule has 1 amide bonds. The van der Waals surface area contributed by atoms with Crippen molar-refractivity contribution in [3.05, 3.63) is 81.5 Å². The highest BCUT2D eigenvalue weighted by Crippen LogP contribution is 2.35. The summed E-state index contributed by atoms with van der Waals surface area (Å²) in [7, 11) is 0. The van der Waals surface area contributed by atoms with Gasteiger partial charge in [0, 0.05) is 17.5 Å². The zero-order valence-corrected chi connectivity index (χ0v) is 16.2. The number of aromatic nitrogens is 2. The molecule has 4 rings (SSSR count). The van der Waals surface area contributed by atoms with E-state index in [4.69, 9.17) is 5.10 Å². The molecule has 1 fully saturated rings. The van der Waals surface area contributed by atoms with E-state index in [1.807, 2.05) is 36.4 Å². The lowest BCUT2D eigenvalue weighted by atomic mass is 10.0. The van der Waals surface area contributed by atoms with Gasteiger partial charge in [0.1, 0.15) is 11.4 Å². The summed E-state index contributed by atoms with van der Waals surface area (Å²) < 4.78 is 1.70. The summed E-state index contributed by atoms with van der Waals surface area (Å²) in [5.74, 6) is 0.373. The number of amides is 1. The summed E-state index contributed by atoms with van der Waals surface area (Å²) in [4.78, 5) is 23.9. The number of rotatable bonds is 5. The first-order chi connectivity index (χ1) is 14.0. The van der Waals surface area contributed by atoms with Crippen LogP contribution in [0.15, 0.2) is 54.6 Å². The molecule has 7 heteroatoms. The normalized spacial score (nSPS) is 14.1. The van der Waals surface area contributed by atoms with Gasteiger partial charge in [-0.2, -0.15) is 5.10 Å². The second-order valence-electron chi connectivity index (χ2n) is 7.37. The van der Waals surface area contributed by atoms with Crippen LogP contribution in [0.3, 0.4) is 0 Å². The van der Waals surface area contributed by atoms with Crippen molar-refractivity contribution >= 4 is 17.4 Å². The number of hydrogen-bond donors (Lipinski definition) is 1. The molecule has 29 heavy (non-hydrogen) atoms. The van der Waals surface area contributed by atoms with E-state index in [0.717, 1.165) is 24.2 Å². The summed E-state index contributed by atoms with van der Waals surface area (Å²) in [6.45, 7) is 1.63. The minimum absolute atomic E-state index is 0.0400. The lowest BCUT2D eigenvalue weighted by Crippen LogP contribution is -2.17. The molecule has 0 atom stereocenters. The van der Waals surface area contributed by atoms with Crippen molar-refractivity contribution in [3.8, 4) is 5.69 Å². The van der Waals surface area contributed by atoms with Gasteiger partial charge in [0.2, 0.25) is 0 Å². The number of nitrogens with one attached hydrogen (secondary N) is 1. The van der Waals surface area contributed by atoms with E-state index in [2.05, 4.69) is 5.32 Å². The fraction of sp³-hybridized carbons (Fsp3) is 0.273. The standard InChI is InChI=1S/C22H22N4O3/c1-15-8-7-13-18(21(15)26(28)29)22(27)23-20-14-19(16-9-5-6-10-16)24-25(20)17-11-3-2-4-12-17/h2-4,7-8,11-14,16H,5-6,9-10H2,1H3,(H,23,27). The molecule has 1 saturated carbocycles. The van der Waals surface area contributed by atoms with Crippen LogP contribution in [0.1, 0.15) is 53.2 Å². The Labute approximate surface area is 168 Å². The number of benzene rings is 2. The number of aryl methyl sites for hydroxylation is 1. The van der Waals surface area contributed by atoms with Crippen molar-refractivity contribution in [1.82, 2.24) is 9.78 Å². The fourth-order valence-electron chi connectivity index (χ4n) is 3.94. The van der Waals surface area contributed by atoms with Gasteiger partial charge in [-0.3, -0.25) is 14.9 Å². The average molecular weight is 390 g/mol. The van der Waals surface area contributed by atoms with E-state index >= 15 is 0 Å². The van der Waals surface area contributed by atoms with Crippen molar-refractivity contribution in [3.63, 3.8) is 0 Å². The molecule has 2 aromatic carbocycles. The van der Waals surface area contributed by atoms with Gasteiger partial charge in [-0.15, -0.1) is 0 Å². The van der Waals surface area contributed by atoms with Crippen LogP contribution in [0, 0.1) is 17.0 Å². The Balaban J connectivity index is 1.72. The number of nitro benzene ring substituents is 1. The first kappa shape index (κ1) is 18.9. The highest BCUT2D eigenvalue weighted by molar-refractivity contribution is 6.07. The molecule has 3 aromatic rings. The van der Waals surface area contributed by atoms with E-state index in [-0.39, 0.29) is 11.3 Å². The first-order valence-electron chi connectivity index (χ1n) is 9.75. The molecule has 0 bridgehead atoms. The van der Waals surface area contributed by atoms with Gasteiger partial charge in [0.25, 0.3) is 11.6 Å². The molecule has 1 N–H and O–H groups in total. The predicted octanol–water partition coefficient (Wildman–Crippen LogP) is 5.00. The van der Waals surface area contributed by atoms with Gasteiger partial charge in [-0.1, -0.05) is 43.2 Å². The summed E-state index contributed by atoms with van der Waals surface area (Å²) >= 11 is 0. The number of nitrogens with zero attached hydrogens (tertiary/aromatic N) is 3. The van der Waals surface area contributed by atoms with Gasteiger partial charge in [-0.25, -0.2) is 4.68 Å². The van der Waals surface area contributed by atoms with Crippen molar-refractivity contribution in [2.24, 2.45) is 0 Å². The molecular weight excluding hydrogens is 368 g/mol. The van der Waals surface area contributed by atoms with Gasteiger partial charge in [0.15, 0.2) is 0 Å². The Morgan fingerprint density at radius 3 is 2.55 bits per heavy atom. The second-order valence-corrected chi connectivity index (χ2v) is 7.37. The third-order valence-corrected chi connectivity index (χ3v) is 5.41. The molecule has 0 aliphatic heterocycles. The number of carbonyl (C=O) groups excluding carboxylic acids is 1. The van der Waals surface area contributed by atoms with Crippen molar-refractivity contribution < 1.29 is 9.72 Å². The third kappa shape index (κ3) is 3.76. The molecule has 0 radical (unpaired) electrons. The molecule has 1 aromatic heterocycles. The maximum absolute atomic E-state index is 12.9. The molecule has 7 nitrogen and oxygen atoms in total. The number of nitro groups is 1. The van der Waals surface area contributed by atoms with Crippen LogP contribution >= 0.6 is 0 Å². The van der Waals surface area contributed by atoms with E-state index in [0.29, 0.717) is 17.3 Å². The predicted molar refractivity (Wildman–Crippen MR) is 111 cm³/mol. The van der Waals surface area contributed by atoms with Gasteiger partial charge in [0.05, 0.1) is 16.3 Å². The summed E-state index contributed by atoms with van der Waals surface area (Å²) in [6.07, 6.45) is 4.53. The molecule has 148 valence electrons. The van der Waals surface area contributed by atoms with E-state index in [1.54, 1.807) is 23.7 Å². The molecule has 0 spiro atoms. The summed E-state index contributed by atoms with van der Waals surface area (Å²) in [5, 5.41) is 19.1. The van der Waals surface area contributed by atoms with Crippen molar-refractivity contribution in [1.29, 1.82) is 0 Å². The molecule has 1 aliphatic rings. The number of hydrogen-bond acceptors (Lipinski definition) is 4. The van der Waals surface area contributed by atoms with Gasteiger partial charge in [-0.05, 0) is 38.0 Å². The van der Waals surface area contributed by atoms with Crippen LogP contribution in [-0.2, 0) is 0 Å². The molecule has 1 aliphatic carbocycles. The maximum atomic E-state index is 12.9. The Kier molecular flexibility index (Phi) is 5.12. The Bertz CT molecular complexity index is 1050. The smallest absolute Gasteiger partial charge is 0.285 e. The molecule has 0 unspecified atom stereocenters. The zero-order valence-electron chi connectivity index (χ0n) is 16.2. The van der Waals surface area contributed by atoms with Crippen LogP contribution < -0.4 is 5.32 Å². The number of para-hydroxylation sites is 2. The average Bonchev–Trinajstić information content (AvgIpc) is 3.38. The maximum Gasteiger partial charge on any atom is 0.285 e. The van der Waals surface area contributed by atoms with E-state index in [1.165, 1.54) is 18.9 Å². The molecular formula is C22H22N4O3. The largest absolute Gasteiger partial charge is 0.306 e. The van der Waals surface area contributed by atoms with Crippen LogP contribution in [0.2, 0.25) is 0 Å². The quantitative estimate of drug-likeness (QED) is 0.490. The number of carbonyl (C=O) groups is 1. The van der Waals surface area contributed by atoms with Crippen molar-refractivity contribution in [2.45, 2.75) is 38.5 Å². The van der Waals surface area contributed by atoms with Crippen molar-refractivity contribution in [2.75, 3.05) is 5.32 Å². The third-order valence-electron chi connectivity index (χ3n) is 5.41. The first-order valence-corrected chi connectivity index (χ1v) is 9.75. The van der Waals surface area contributed by atoms with Gasteiger partial charge < -0.3 is 5.32 Å².